The molecule has 0 radical (unpaired) electrons. The second kappa shape index (κ2) is 5.42. The van der Waals surface area contributed by atoms with Crippen LogP contribution in [0.25, 0.3) is 0 Å². The van der Waals surface area contributed by atoms with E-state index < -0.39 is 18.3 Å². The summed E-state index contributed by atoms with van der Waals surface area (Å²) in [6.45, 7) is 9.41. The van der Waals surface area contributed by atoms with Gasteiger partial charge < -0.3 is 14.6 Å². The summed E-state index contributed by atoms with van der Waals surface area (Å²) in [7, 11) is -0.535. The molecule has 0 spiro atoms. The van der Waals surface area contributed by atoms with E-state index in [0.29, 0.717) is 5.56 Å². The van der Waals surface area contributed by atoms with Crippen LogP contribution in [0.1, 0.15) is 40.2 Å². The van der Waals surface area contributed by atoms with Crippen LogP contribution in [0, 0.1) is 5.82 Å². The number of carbonyl (C=O) groups excluding carboxylic acids is 1. The Bertz CT molecular complexity index is 544. The number of amides is 1. The Labute approximate surface area is 125 Å². The highest BCUT2D eigenvalue weighted by Gasteiger charge is 2.51. The van der Waals surface area contributed by atoms with Crippen molar-refractivity contribution < 1.29 is 18.5 Å². The lowest BCUT2D eigenvalue weighted by atomic mass is 9.78. The molecule has 1 heterocycles. The standard InChI is InChI=1S/C15H21BFNO3/c1-10(19)18-9-11-8-12(6-7-13(11)17)16-20-14(2,3)15(4,5)21-16/h6-8H,9H2,1-5H3,(H,18,19). The number of carbonyl (C=O) groups is 1. The Hall–Kier alpha value is -1.40. The maximum atomic E-state index is 13.8. The molecule has 0 atom stereocenters. The Balaban J connectivity index is 2.22. The fourth-order valence-electron chi connectivity index (χ4n) is 2.08. The van der Waals surface area contributed by atoms with Gasteiger partial charge in [0.15, 0.2) is 0 Å². The van der Waals surface area contributed by atoms with Gasteiger partial charge in [0.1, 0.15) is 5.82 Å². The largest absolute Gasteiger partial charge is 0.494 e. The van der Waals surface area contributed by atoms with Gasteiger partial charge in [-0.15, -0.1) is 0 Å². The van der Waals surface area contributed by atoms with Gasteiger partial charge in [-0.3, -0.25) is 4.79 Å². The molecule has 0 unspecified atom stereocenters. The first-order valence-corrected chi connectivity index (χ1v) is 7.01. The van der Waals surface area contributed by atoms with Crippen molar-refractivity contribution in [1.29, 1.82) is 0 Å². The monoisotopic (exact) mass is 293 g/mol. The average molecular weight is 293 g/mol. The van der Waals surface area contributed by atoms with Crippen LogP contribution in [0.5, 0.6) is 0 Å². The van der Waals surface area contributed by atoms with Crippen molar-refractivity contribution in [2.24, 2.45) is 0 Å². The molecule has 1 N–H and O–H groups in total. The molecule has 1 saturated heterocycles. The second-order valence-electron chi connectivity index (χ2n) is 6.35. The fraction of sp³-hybridized carbons (Fsp3) is 0.533. The van der Waals surface area contributed by atoms with Gasteiger partial charge in [-0.05, 0) is 39.2 Å². The number of hydrogen-bond donors (Lipinski definition) is 1. The highest BCUT2D eigenvalue weighted by Crippen LogP contribution is 2.36. The highest BCUT2D eigenvalue weighted by atomic mass is 19.1. The van der Waals surface area contributed by atoms with Gasteiger partial charge in [0.05, 0.1) is 11.2 Å². The molecule has 0 aromatic heterocycles. The average Bonchev–Trinajstić information content (AvgIpc) is 2.57. The van der Waals surface area contributed by atoms with Crippen molar-refractivity contribution in [2.45, 2.75) is 52.4 Å². The van der Waals surface area contributed by atoms with E-state index in [1.807, 2.05) is 27.7 Å². The predicted octanol–water partition coefficient (Wildman–Crippen LogP) is 1.76. The van der Waals surface area contributed by atoms with Crippen LogP contribution in [0.3, 0.4) is 0 Å². The van der Waals surface area contributed by atoms with Gasteiger partial charge in [-0.2, -0.15) is 0 Å². The lowest BCUT2D eigenvalue weighted by Gasteiger charge is -2.32. The Morgan fingerprint density at radius 1 is 1.24 bits per heavy atom. The van der Waals surface area contributed by atoms with Gasteiger partial charge in [0, 0.05) is 19.0 Å². The molecule has 21 heavy (non-hydrogen) atoms. The predicted molar refractivity (Wildman–Crippen MR) is 79.6 cm³/mol. The molecule has 1 aliphatic rings. The highest BCUT2D eigenvalue weighted by molar-refractivity contribution is 6.62. The second-order valence-corrected chi connectivity index (χ2v) is 6.35. The smallest absolute Gasteiger partial charge is 0.399 e. The number of nitrogens with one attached hydrogen (secondary N) is 1. The third-order valence-electron chi connectivity index (χ3n) is 4.12. The molecule has 2 rings (SSSR count). The van der Waals surface area contributed by atoms with E-state index in [4.69, 9.17) is 9.31 Å². The van der Waals surface area contributed by atoms with Gasteiger partial charge in [-0.1, -0.05) is 12.1 Å². The normalized spacial score (nSPS) is 19.6. The molecule has 1 amide bonds. The summed E-state index contributed by atoms with van der Waals surface area (Å²) >= 11 is 0. The first-order valence-electron chi connectivity index (χ1n) is 7.01. The summed E-state index contributed by atoms with van der Waals surface area (Å²) < 4.78 is 25.7. The summed E-state index contributed by atoms with van der Waals surface area (Å²) in [5, 5.41) is 2.59. The Kier molecular flexibility index (Phi) is 4.13. The van der Waals surface area contributed by atoms with Crippen LogP contribution >= 0.6 is 0 Å². The van der Waals surface area contributed by atoms with Gasteiger partial charge in [0.2, 0.25) is 5.91 Å². The maximum Gasteiger partial charge on any atom is 0.494 e. The van der Waals surface area contributed by atoms with Gasteiger partial charge in [0.25, 0.3) is 0 Å². The van der Waals surface area contributed by atoms with Gasteiger partial charge in [-0.25, -0.2) is 4.39 Å². The molecule has 1 aromatic carbocycles. The van der Waals surface area contributed by atoms with Crippen molar-refractivity contribution in [3.8, 4) is 0 Å². The lowest BCUT2D eigenvalue weighted by molar-refractivity contribution is -0.119. The van der Waals surface area contributed by atoms with Crippen molar-refractivity contribution in [2.75, 3.05) is 0 Å². The summed E-state index contributed by atoms with van der Waals surface area (Å²) in [5.74, 6) is -0.556. The number of benzene rings is 1. The molecule has 4 nitrogen and oxygen atoms in total. The third kappa shape index (κ3) is 3.27. The zero-order chi connectivity index (χ0) is 15.8. The summed E-state index contributed by atoms with van der Waals surface area (Å²) in [6.07, 6.45) is 0. The number of halogens is 1. The van der Waals surface area contributed by atoms with Crippen LogP contribution in [0.2, 0.25) is 0 Å². The first kappa shape index (κ1) is 16.0. The van der Waals surface area contributed by atoms with Crippen molar-refractivity contribution in [3.05, 3.63) is 29.6 Å². The topological polar surface area (TPSA) is 47.6 Å². The number of rotatable bonds is 3. The zero-order valence-electron chi connectivity index (χ0n) is 13.1. The van der Waals surface area contributed by atoms with Crippen molar-refractivity contribution >= 4 is 18.5 Å². The molecule has 0 saturated carbocycles. The summed E-state index contributed by atoms with van der Waals surface area (Å²) in [4.78, 5) is 11.0. The molecule has 1 aromatic rings. The van der Waals surface area contributed by atoms with Crippen molar-refractivity contribution in [3.63, 3.8) is 0 Å². The van der Waals surface area contributed by atoms with E-state index in [9.17, 15) is 9.18 Å². The minimum atomic E-state index is -0.535. The first-order chi connectivity index (χ1) is 9.62. The molecular weight excluding hydrogens is 272 g/mol. The maximum absolute atomic E-state index is 13.8. The third-order valence-corrected chi connectivity index (χ3v) is 4.12. The van der Waals surface area contributed by atoms with E-state index in [1.54, 1.807) is 12.1 Å². The Morgan fingerprint density at radius 3 is 2.33 bits per heavy atom. The minimum Gasteiger partial charge on any atom is -0.399 e. The quantitative estimate of drug-likeness (QED) is 0.864. The summed E-state index contributed by atoms with van der Waals surface area (Å²) in [6, 6.07) is 4.69. The SMILES string of the molecule is CC(=O)NCc1cc(B2OC(C)(C)C(C)(C)O2)ccc1F. The molecule has 114 valence electrons. The zero-order valence-corrected chi connectivity index (χ0v) is 13.1. The van der Waals surface area contributed by atoms with Crippen LogP contribution in [-0.4, -0.2) is 24.2 Å². The van der Waals surface area contributed by atoms with E-state index in [2.05, 4.69) is 5.32 Å². The summed E-state index contributed by atoms with van der Waals surface area (Å²) in [5.41, 5.74) is 0.279. The lowest BCUT2D eigenvalue weighted by Crippen LogP contribution is -2.41. The van der Waals surface area contributed by atoms with Crippen LogP contribution < -0.4 is 10.8 Å². The molecular formula is C15H21BFNO3. The van der Waals surface area contributed by atoms with Crippen LogP contribution in [0.4, 0.5) is 4.39 Å². The molecule has 1 fully saturated rings. The van der Waals surface area contributed by atoms with Crippen LogP contribution in [0.15, 0.2) is 18.2 Å². The molecule has 0 aliphatic carbocycles. The number of hydrogen-bond acceptors (Lipinski definition) is 3. The molecule has 1 aliphatic heterocycles. The fourth-order valence-corrected chi connectivity index (χ4v) is 2.08. The van der Waals surface area contributed by atoms with E-state index >= 15 is 0 Å². The molecule has 6 heteroatoms. The Morgan fingerprint density at radius 2 is 1.81 bits per heavy atom. The van der Waals surface area contributed by atoms with E-state index in [-0.39, 0.29) is 18.3 Å². The van der Waals surface area contributed by atoms with E-state index in [1.165, 1.54) is 13.0 Å². The van der Waals surface area contributed by atoms with E-state index in [0.717, 1.165) is 5.46 Å². The molecule has 0 bridgehead atoms. The van der Waals surface area contributed by atoms with Crippen LogP contribution in [-0.2, 0) is 20.6 Å². The van der Waals surface area contributed by atoms with Gasteiger partial charge >= 0.3 is 7.12 Å². The van der Waals surface area contributed by atoms with Crippen molar-refractivity contribution in [1.82, 2.24) is 5.32 Å². The minimum absolute atomic E-state index is 0.147.